The maximum atomic E-state index is 12.0. The molecule has 0 radical (unpaired) electrons. The summed E-state index contributed by atoms with van der Waals surface area (Å²) in [5.41, 5.74) is 0.708. The monoisotopic (exact) mass is 299 g/mol. The molecule has 1 aromatic carbocycles. The third-order valence-corrected chi connectivity index (χ3v) is 4.72. The Labute approximate surface area is 122 Å². The van der Waals surface area contributed by atoms with Crippen LogP contribution in [-0.4, -0.2) is 20.1 Å². The minimum Gasteiger partial charge on any atom is -0.392 e. The molecule has 0 bridgehead atoms. The van der Waals surface area contributed by atoms with E-state index < -0.39 is 10.0 Å². The van der Waals surface area contributed by atoms with Crippen molar-refractivity contribution in [3.8, 4) is 0 Å². The fourth-order valence-electron chi connectivity index (χ4n) is 1.97. The SMILES string of the molecule is CCCCCCCCNS(=O)(=O)c1ccc(CO)cc1. The maximum Gasteiger partial charge on any atom is 0.240 e. The number of unbranched alkanes of at least 4 members (excludes halogenated alkanes) is 5. The highest BCUT2D eigenvalue weighted by molar-refractivity contribution is 7.89. The highest BCUT2D eigenvalue weighted by Gasteiger charge is 2.12. The standard InChI is InChI=1S/C15H25NO3S/c1-2-3-4-5-6-7-12-16-20(18,19)15-10-8-14(13-17)9-11-15/h8-11,16-17H,2-7,12-13H2,1H3. The van der Waals surface area contributed by atoms with Crippen LogP contribution in [0.1, 0.15) is 51.0 Å². The number of hydrogen-bond acceptors (Lipinski definition) is 3. The first-order valence-electron chi connectivity index (χ1n) is 7.29. The number of aliphatic hydroxyl groups excluding tert-OH is 1. The zero-order chi connectivity index (χ0) is 14.8. The molecule has 0 saturated carbocycles. The molecule has 0 heterocycles. The zero-order valence-electron chi connectivity index (χ0n) is 12.1. The lowest BCUT2D eigenvalue weighted by atomic mass is 10.1. The molecule has 1 rings (SSSR count). The summed E-state index contributed by atoms with van der Waals surface area (Å²) in [5, 5.41) is 8.93. The lowest BCUT2D eigenvalue weighted by Gasteiger charge is -2.07. The Kier molecular flexibility index (Phi) is 7.80. The van der Waals surface area contributed by atoms with Crippen LogP contribution in [0.2, 0.25) is 0 Å². The van der Waals surface area contributed by atoms with Crippen LogP contribution in [0.4, 0.5) is 0 Å². The second-order valence-corrected chi connectivity index (χ2v) is 6.73. The molecule has 0 aliphatic rings. The zero-order valence-corrected chi connectivity index (χ0v) is 13.0. The van der Waals surface area contributed by atoms with Crippen LogP contribution >= 0.6 is 0 Å². The number of aliphatic hydroxyl groups is 1. The number of rotatable bonds is 10. The Morgan fingerprint density at radius 2 is 1.60 bits per heavy atom. The van der Waals surface area contributed by atoms with Crippen molar-refractivity contribution >= 4 is 10.0 Å². The Bertz CT molecular complexity index is 468. The third-order valence-electron chi connectivity index (χ3n) is 3.24. The van der Waals surface area contributed by atoms with Crippen LogP contribution in [0.15, 0.2) is 29.2 Å². The van der Waals surface area contributed by atoms with Crippen LogP contribution in [0.3, 0.4) is 0 Å². The van der Waals surface area contributed by atoms with E-state index in [-0.39, 0.29) is 11.5 Å². The molecule has 1 aromatic rings. The topological polar surface area (TPSA) is 66.4 Å². The van der Waals surface area contributed by atoms with Gasteiger partial charge in [0, 0.05) is 6.54 Å². The van der Waals surface area contributed by atoms with Crippen molar-refractivity contribution in [3.05, 3.63) is 29.8 Å². The van der Waals surface area contributed by atoms with Crippen molar-refractivity contribution in [2.75, 3.05) is 6.54 Å². The summed E-state index contributed by atoms with van der Waals surface area (Å²) in [6.07, 6.45) is 6.80. The molecule has 0 fully saturated rings. The normalized spacial score (nSPS) is 11.7. The van der Waals surface area contributed by atoms with Crippen LogP contribution in [0.5, 0.6) is 0 Å². The molecule has 0 saturated heterocycles. The molecule has 5 heteroatoms. The average molecular weight is 299 g/mol. The first-order chi connectivity index (χ1) is 9.60. The van der Waals surface area contributed by atoms with Crippen molar-refractivity contribution in [1.82, 2.24) is 4.72 Å². The number of benzene rings is 1. The molecular formula is C15H25NO3S. The van der Waals surface area contributed by atoms with Gasteiger partial charge in [0.05, 0.1) is 11.5 Å². The summed E-state index contributed by atoms with van der Waals surface area (Å²) in [6, 6.07) is 6.29. The van der Waals surface area contributed by atoms with E-state index in [0.29, 0.717) is 12.1 Å². The molecule has 0 aliphatic heterocycles. The predicted octanol–water partition coefficient (Wildman–Crippen LogP) is 2.82. The van der Waals surface area contributed by atoms with Gasteiger partial charge in [-0.2, -0.15) is 0 Å². The van der Waals surface area contributed by atoms with Crippen LogP contribution < -0.4 is 4.72 Å². The fraction of sp³-hybridized carbons (Fsp3) is 0.600. The highest BCUT2D eigenvalue weighted by Crippen LogP contribution is 2.11. The van der Waals surface area contributed by atoms with Gasteiger partial charge in [-0.05, 0) is 24.1 Å². The van der Waals surface area contributed by atoms with Crippen molar-refractivity contribution in [3.63, 3.8) is 0 Å². The van der Waals surface area contributed by atoms with Crippen molar-refractivity contribution in [2.24, 2.45) is 0 Å². The van der Waals surface area contributed by atoms with Gasteiger partial charge in [-0.25, -0.2) is 13.1 Å². The smallest absolute Gasteiger partial charge is 0.240 e. The van der Waals surface area contributed by atoms with Gasteiger partial charge in [-0.1, -0.05) is 51.2 Å². The molecule has 0 atom stereocenters. The lowest BCUT2D eigenvalue weighted by molar-refractivity contribution is 0.282. The Hall–Kier alpha value is -0.910. The van der Waals surface area contributed by atoms with Crippen LogP contribution in [-0.2, 0) is 16.6 Å². The van der Waals surface area contributed by atoms with E-state index in [4.69, 9.17) is 5.11 Å². The van der Waals surface area contributed by atoms with Gasteiger partial charge >= 0.3 is 0 Å². The van der Waals surface area contributed by atoms with E-state index >= 15 is 0 Å². The third kappa shape index (κ3) is 6.03. The molecule has 0 spiro atoms. The summed E-state index contributed by atoms with van der Waals surface area (Å²) in [5.74, 6) is 0. The van der Waals surface area contributed by atoms with E-state index in [1.54, 1.807) is 12.1 Å². The predicted molar refractivity (Wildman–Crippen MR) is 80.9 cm³/mol. The van der Waals surface area contributed by atoms with Crippen molar-refractivity contribution < 1.29 is 13.5 Å². The number of hydrogen-bond donors (Lipinski definition) is 2. The van der Waals surface area contributed by atoms with Crippen molar-refractivity contribution in [1.29, 1.82) is 0 Å². The molecule has 0 amide bonds. The Morgan fingerprint density at radius 3 is 2.20 bits per heavy atom. The number of sulfonamides is 1. The lowest BCUT2D eigenvalue weighted by Crippen LogP contribution is -2.24. The quantitative estimate of drug-likeness (QED) is 0.653. The summed E-state index contributed by atoms with van der Waals surface area (Å²) >= 11 is 0. The fourth-order valence-corrected chi connectivity index (χ4v) is 3.04. The molecular weight excluding hydrogens is 274 g/mol. The second kappa shape index (κ2) is 9.10. The van der Waals surface area contributed by atoms with E-state index in [0.717, 1.165) is 12.8 Å². The first kappa shape index (κ1) is 17.1. The molecule has 20 heavy (non-hydrogen) atoms. The van der Waals surface area contributed by atoms with Gasteiger partial charge in [0.1, 0.15) is 0 Å². The summed E-state index contributed by atoms with van der Waals surface area (Å²) < 4.78 is 26.6. The second-order valence-electron chi connectivity index (χ2n) is 4.97. The molecule has 0 aromatic heterocycles. The Balaban J connectivity index is 2.33. The Morgan fingerprint density at radius 1 is 1.00 bits per heavy atom. The summed E-state index contributed by atoms with van der Waals surface area (Å²) in [7, 11) is -3.41. The average Bonchev–Trinajstić information content (AvgIpc) is 2.46. The molecule has 4 nitrogen and oxygen atoms in total. The molecule has 114 valence electrons. The first-order valence-corrected chi connectivity index (χ1v) is 8.78. The van der Waals surface area contributed by atoms with E-state index in [1.807, 2.05) is 0 Å². The largest absolute Gasteiger partial charge is 0.392 e. The van der Waals surface area contributed by atoms with Gasteiger partial charge in [0.2, 0.25) is 10.0 Å². The minimum atomic E-state index is -3.41. The van der Waals surface area contributed by atoms with E-state index in [1.165, 1.54) is 37.8 Å². The van der Waals surface area contributed by atoms with Gasteiger partial charge in [-0.3, -0.25) is 0 Å². The van der Waals surface area contributed by atoms with Crippen LogP contribution in [0.25, 0.3) is 0 Å². The number of nitrogens with one attached hydrogen (secondary N) is 1. The molecule has 0 aliphatic carbocycles. The van der Waals surface area contributed by atoms with Crippen LogP contribution in [0, 0.1) is 0 Å². The van der Waals surface area contributed by atoms with Gasteiger partial charge in [-0.15, -0.1) is 0 Å². The van der Waals surface area contributed by atoms with Gasteiger partial charge in [0.15, 0.2) is 0 Å². The van der Waals surface area contributed by atoms with E-state index in [2.05, 4.69) is 11.6 Å². The molecule has 2 N–H and O–H groups in total. The maximum absolute atomic E-state index is 12.0. The summed E-state index contributed by atoms with van der Waals surface area (Å²) in [4.78, 5) is 0.251. The van der Waals surface area contributed by atoms with E-state index in [9.17, 15) is 8.42 Å². The highest BCUT2D eigenvalue weighted by atomic mass is 32.2. The van der Waals surface area contributed by atoms with Gasteiger partial charge < -0.3 is 5.11 Å². The van der Waals surface area contributed by atoms with Crippen molar-refractivity contribution in [2.45, 2.75) is 57.0 Å². The summed E-state index contributed by atoms with van der Waals surface area (Å²) in [6.45, 7) is 2.58. The molecule has 0 unspecified atom stereocenters. The minimum absolute atomic E-state index is 0.0779. The van der Waals surface area contributed by atoms with Gasteiger partial charge in [0.25, 0.3) is 0 Å².